The van der Waals surface area contributed by atoms with Crippen LogP contribution in [0.25, 0.3) is 0 Å². The number of nitro groups is 1. The van der Waals surface area contributed by atoms with Gasteiger partial charge in [-0.3, -0.25) is 24.3 Å². The number of aryl methyl sites for hydroxylation is 1. The van der Waals surface area contributed by atoms with Gasteiger partial charge in [-0.2, -0.15) is 10.2 Å². The molecule has 0 aliphatic carbocycles. The lowest BCUT2D eigenvalue weighted by Crippen LogP contribution is -2.16. The molecule has 0 saturated heterocycles. The van der Waals surface area contributed by atoms with Crippen molar-refractivity contribution in [1.82, 2.24) is 19.6 Å². The maximum atomic E-state index is 12.1. The lowest BCUT2D eigenvalue weighted by molar-refractivity contribution is -0.385. The van der Waals surface area contributed by atoms with Gasteiger partial charge >= 0.3 is 5.69 Å². The molecule has 0 aliphatic rings. The zero-order valence-electron chi connectivity index (χ0n) is 14.5. The number of rotatable bonds is 7. The standard InChI is InChI=1S/C17H17ClN6O3/c1-12-15(24(26)27)10-19-23(12)9-7-17(25)20-16-6-8-22(21-16)11-13-2-4-14(18)5-3-13/h2-6,8,10H,7,9,11H2,1H3,(H,20,21,25). The van der Waals surface area contributed by atoms with E-state index in [0.717, 1.165) is 5.56 Å². The Balaban J connectivity index is 1.53. The minimum Gasteiger partial charge on any atom is -0.309 e. The molecule has 0 aliphatic heterocycles. The van der Waals surface area contributed by atoms with E-state index in [4.69, 9.17) is 11.6 Å². The van der Waals surface area contributed by atoms with E-state index in [9.17, 15) is 14.9 Å². The second-order valence-corrected chi connectivity index (χ2v) is 6.36. The van der Waals surface area contributed by atoms with E-state index in [-0.39, 0.29) is 24.6 Å². The Morgan fingerprint density at radius 1 is 1.30 bits per heavy atom. The van der Waals surface area contributed by atoms with Crippen molar-refractivity contribution in [2.45, 2.75) is 26.4 Å². The van der Waals surface area contributed by atoms with Gasteiger partial charge in [0, 0.05) is 23.7 Å². The Hall–Kier alpha value is -3.20. The summed E-state index contributed by atoms with van der Waals surface area (Å²) in [6, 6.07) is 9.15. The lowest BCUT2D eigenvalue weighted by Gasteiger charge is -2.05. The average molecular weight is 389 g/mol. The van der Waals surface area contributed by atoms with Gasteiger partial charge in [-0.1, -0.05) is 23.7 Å². The van der Waals surface area contributed by atoms with E-state index >= 15 is 0 Å². The first-order chi connectivity index (χ1) is 12.9. The van der Waals surface area contributed by atoms with Crippen LogP contribution in [0.1, 0.15) is 17.7 Å². The van der Waals surface area contributed by atoms with Crippen LogP contribution in [0.4, 0.5) is 11.5 Å². The van der Waals surface area contributed by atoms with Gasteiger partial charge in [-0.25, -0.2) is 0 Å². The van der Waals surface area contributed by atoms with Gasteiger partial charge in [-0.05, 0) is 24.6 Å². The fraction of sp³-hybridized carbons (Fsp3) is 0.235. The summed E-state index contributed by atoms with van der Waals surface area (Å²) >= 11 is 5.87. The van der Waals surface area contributed by atoms with E-state index in [1.54, 1.807) is 23.9 Å². The number of nitrogens with one attached hydrogen (secondary N) is 1. The Labute approximate surface area is 159 Å². The van der Waals surface area contributed by atoms with Crippen LogP contribution in [0.15, 0.2) is 42.7 Å². The van der Waals surface area contributed by atoms with Crippen molar-refractivity contribution < 1.29 is 9.72 Å². The number of hydrogen-bond donors (Lipinski definition) is 1. The van der Waals surface area contributed by atoms with E-state index in [1.165, 1.54) is 10.9 Å². The van der Waals surface area contributed by atoms with Crippen LogP contribution in [0.3, 0.4) is 0 Å². The maximum Gasteiger partial charge on any atom is 0.309 e. The number of carbonyl (C=O) groups excluding carboxylic acids is 1. The van der Waals surface area contributed by atoms with Crippen molar-refractivity contribution in [1.29, 1.82) is 0 Å². The normalized spacial score (nSPS) is 10.7. The molecule has 2 aromatic heterocycles. The molecule has 0 radical (unpaired) electrons. The zero-order valence-corrected chi connectivity index (χ0v) is 15.3. The molecule has 3 aromatic rings. The van der Waals surface area contributed by atoms with Crippen molar-refractivity contribution in [2.24, 2.45) is 0 Å². The monoisotopic (exact) mass is 388 g/mol. The Kier molecular flexibility index (Phi) is 5.51. The molecule has 1 aromatic carbocycles. The SMILES string of the molecule is Cc1c([N+](=O)[O-])cnn1CCC(=O)Nc1ccn(Cc2ccc(Cl)cc2)n1. The molecule has 0 saturated carbocycles. The third-order valence-electron chi connectivity index (χ3n) is 3.99. The highest BCUT2D eigenvalue weighted by molar-refractivity contribution is 6.30. The Morgan fingerprint density at radius 3 is 2.70 bits per heavy atom. The molecule has 0 spiro atoms. The van der Waals surface area contributed by atoms with Crippen LogP contribution >= 0.6 is 11.6 Å². The zero-order chi connectivity index (χ0) is 19.4. The highest BCUT2D eigenvalue weighted by Crippen LogP contribution is 2.16. The molecule has 3 rings (SSSR count). The summed E-state index contributed by atoms with van der Waals surface area (Å²) in [5, 5.41) is 22.4. The van der Waals surface area contributed by atoms with Crippen LogP contribution in [-0.4, -0.2) is 30.4 Å². The number of halogens is 1. The van der Waals surface area contributed by atoms with E-state index in [0.29, 0.717) is 23.1 Å². The first-order valence-corrected chi connectivity index (χ1v) is 8.55. The van der Waals surface area contributed by atoms with Crippen LogP contribution < -0.4 is 5.32 Å². The van der Waals surface area contributed by atoms with Crippen LogP contribution in [0, 0.1) is 17.0 Å². The fourth-order valence-corrected chi connectivity index (χ4v) is 2.67. The molecule has 2 heterocycles. The van der Waals surface area contributed by atoms with Gasteiger partial charge in [0.1, 0.15) is 11.9 Å². The highest BCUT2D eigenvalue weighted by atomic mass is 35.5. The third kappa shape index (κ3) is 4.70. The van der Waals surface area contributed by atoms with Gasteiger partial charge in [0.25, 0.3) is 0 Å². The number of aromatic nitrogens is 4. The average Bonchev–Trinajstić information content (AvgIpc) is 3.21. The van der Waals surface area contributed by atoms with E-state index in [1.807, 2.05) is 24.3 Å². The number of benzene rings is 1. The molecule has 0 bridgehead atoms. The third-order valence-corrected chi connectivity index (χ3v) is 4.24. The largest absolute Gasteiger partial charge is 0.309 e. The molecular weight excluding hydrogens is 372 g/mol. The second kappa shape index (κ2) is 8.00. The summed E-state index contributed by atoms with van der Waals surface area (Å²) < 4.78 is 3.15. The van der Waals surface area contributed by atoms with Crippen LogP contribution in [-0.2, 0) is 17.9 Å². The van der Waals surface area contributed by atoms with Crippen molar-refractivity contribution in [3.05, 3.63) is 69.1 Å². The summed E-state index contributed by atoms with van der Waals surface area (Å²) in [5.74, 6) is 0.196. The quantitative estimate of drug-likeness (QED) is 0.494. The predicted octanol–water partition coefficient (Wildman–Crippen LogP) is 3.03. The van der Waals surface area contributed by atoms with Crippen molar-refractivity contribution in [3.63, 3.8) is 0 Å². The number of nitrogens with zero attached hydrogens (tertiary/aromatic N) is 5. The van der Waals surface area contributed by atoms with Crippen LogP contribution in [0.5, 0.6) is 0 Å². The number of carbonyl (C=O) groups is 1. The Morgan fingerprint density at radius 2 is 2.04 bits per heavy atom. The fourth-order valence-electron chi connectivity index (χ4n) is 2.55. The maximum absolute atomic E-state index is 12.1. The molecule has 0 unspecified atom stereocenters. The Bertz CT molecular complexity index is 963. The molecule has 0 atom stereocenters. The molecule has 1 N–H and O–H groups in total. The number of amides is 1. The lowest BCUT2D eigenvalue weighted by atomic mass is 10.2. The molecule has 9 nitrogen and oxygen atoms in total. The first kappa shape index (κ1) is 18.6. The summed E-state index contributed by atoms with van der Waals surface area (Å²) in [7, 11) is 0. The number of hydrogen-bond acceptors (Lipinski definition) is 5. The molecular formula is C17H17ClN6O3. The van der Waals surface area contributed by atoms with Crippen molar-refractivity contribution >= 4 is 29.0 Å². The smallest absolute Gasteiger partial charge is 0.309 e. The topological polar surface area (TPSA) is 108 Å². The second-order valence-electron chi connectivity index (χ2n) is 5.92. The number of anilines is 1. The van der Waals surface area contributed by atoms with Crippen molar-refractivity contribution in [2.75, 3.05) is 5.32 Å². The molecule has 140 valence electrons. The summed E-state index contributed by atoms with van der Waals surface area (Å²) in [5.41, 5.74) is 1.40. The van der Waals surface area contributed by atoms with E-state index in [2.05, 4.69) is 15.5 Å². The summed E-state index contributed by atoms with van der Waals surface area (Å²) in [4.78, 5) is 22.4. The van der Waals surface area contributed by atoms with Gasteiger partial charge in [0.05, 0.1) is 18.0 Å². The summed E-state index contributed by atoms with van der Waals surface area (Å²) in [6.45, 7) is 2.40. The van der Waals surface area contributed by atoms with E-state index < -0.39 is 4.92 Å². The molecule has 10 heteroatoms. The van der Waals surface area contributed by atoms with Crippen LogP contribution in [0.2, 0.25) is 5.02 Å². The first-order valence-electron chi connectivity index (χ1n) is 8.17. The van der Waals surface area contributed by atoms with Gasteiger partial charge in [-0.15, -0.1) is 0 Å². The molecule has 1 amide bonds. The molecule has 27 heavy (non-hydrogen) atoms. The van der Waals surface area contributed by atoms with Crippen molar-refractivity contribution in [3.8, 4) is 0 Å². The van der Waals surface area contributed by atoms with Gasteiger partial charge in [0.2, 0.25) is 5.91 Å². The molecule has 0 fully saturated rings. The highest BCUT2D eigenvalue weighted by Gasteiger charge is 2.16. The predicted molar refractivity (Wildman–Crippen MR) is 99.6 cm³/mol. The minimum absolute atomic E-state index is 0.0589. The van der Waals surface area contributed by atoms with Gasteiger partial charge in [0.15, 0.2) is 5.82 Å². The summed E-state index contributed by atoms with van der Waals surface area (Å²) in [6.07, 6.45) is 3.08. The minimum atomic E-state index is -0.494. The van der Waals surface area contributed by atoms with Gasteiger partial charge < -0.3 is 5.32 Å².